The largest absolute Gasteiger partial charge is 0.481 e. The van der Waals surface area contributed by atoms with Gasteiger partial charge in [0.2, 0.25) is 0 Å². The van der Waals surface area contributed by atoms with Gasteiger partial charge in [-0.1, -0.05) is 0 Å². The molecule has 3 aliphatic rings. The molecule has 0 aromatic rings. The van der Waals surface area contributed by atoms with Gasteiger partial charge in [0, 0.05) is 5.92 Å². The van der Waals surface area contributed by atoms with Crippen LogP contribution in [0, 0.1) is 11.8 Å². The Balaban J connectivity index is 1.89. The van der Waals surface area contributed by atoms with Crippen molar-refractivity contribution >= 4 is 17.7 Å². The molecule has 0 amide bonds. The van der Waals surface area contributed by atoms with Crippen LogP contribution in [0.2, 0.25) is 0 Å². The van der Waals surface area contributed by atoms with Crippen LogP contribution in [-0.4, -0.2) is 53.5 Å². The molecule has 2 unspecified atom stereocenters. The second-order valence-electron chi connectivity index (χ2n) is 4.92. The van der Waals surface area contributed by atoms with Crippen molar-refractivity contribution in [1.82, 2.24) is 4.90 Å². The van der Waals surface area contributed by atoms with E-state index in [-0.39, 0.29) is 24.3 Å². The van der Waals surface area contributed by atoms with E-state index in [9.17, 15) is 14.4 Å². The number of ether oxygens (including phenoxy) is 1. The standard InChI is InChI=1S/C12H17NO5/c1-7(11(15)16)12(17)18-6-9-10(14)8-2-4-13(9)5-3-8/h7-9H,2-6H2,1H3,(H,15,16). The van der Waals surface area contributed by atoms with Gasteiger partial charge in [-0.3, -0.25) is 19.3 Å². The number of carbonyl (C=O) groups excluding carboxylic acids is 2. The van der Waals surface area contributed by atoms with Gasteiger partial charge in [0.05, 0.1) is 0 Å². The zero-order valence-electron chi connectivity index (χ0n) is 10.3. The van der Waals surface area contributed by atoms with Gasteiger partial charge in [0.1, 0.15) is 12.6 Å². The van der Waals surface area contributed by atoms with Crippen LogP contribution in [0.4, 0.5) is 0 Å². The maximum absolute atomic E-state index is 12.0. The van der Waals surface area contributed by atoms with E-state index < -0.39 is 17.9 Å². The molecule has 1 N–H and O–H groups in total. The predicted octanol–water partition coefficient (Wildman–Crippen LogP) is -0.0864. The Morgan fingerprint density at radius 3 is 2.56 bits per heavy atom. The van der Waals surface area contributed by atoms with Crippen LogP contribution < -0.4 is 0 Å². The van der Waals surface area contributed by atoms with E-state index in [4.69, 9.17) is 9.84 Å². The molecule has 0 aromatic heterocycles. The van der Waals surface area contributed by atoms with Crippen molar-refractivity contribution < 1.29 is 24.2 Å². The fraction of sp³-hybridized carbons (Fsp3) is 0.750. The van der Waals surface area contributed by atoms with Crippen LogP contribution in [0.1, 0.15) is 19.8 Å². The van der Waals surface area contributed by atoms with Crippen LogP contribution in [0.15, 0.2) is 0 Å². The number of Topliss-reactive ketones (excluding diaryl/α,β-unsaturated/α-hetero) is 1. The van der Waals surface area contributed by atoms with Gasteiger partial charge in [0.25, 0.3) is 0 Å². The van der Waals surface area contributed by atoms with Crippen molar-refractivity contribution in [2.24, 2.45) is 11.8 Å². The molecular weight excluding hydrogens is 238 g/mol. The Bertz CT molecular complexity index is 373. The third kappa shape index (κ3) is 2.38. The first kappa shape index (κ1) is 13.0. The van der Waals surface area contributed by atoms with Crippen molar-refractivity contribution in [2.45, 2.75) is 25.8 Å². The summed E-state index contributed by atoms with van der Waals surface area (Å²) in [5.41, 5.74) is 0. The zero-order valence-corrected chi connectivity index (χ0v) is 10.3. The molecule has 6 nitrogen and oxygen atoms in total. The number of hydrogen-bond donors (Lipinski definition) is 1. The minimum atomic E-state index is -1.21. The molecular formula is C12H17NO5. The summed E-state index contributed by atoms with van der Waals surface area (Å²) < 4.78 is 4.95. The third-order valence-corrected chi connectivity index (χ3v) is 3.81. The number of rotatable bonds is 4. The van der Waals surface area contributed by atoms with Crippen molar-refractivity contribution in [3.8, 4) is 0 Å². The van der Waals surface area contributed by atoms with Crippen molar-refractivity contribution in [1.29, 1.82) is 0 Å². The summed E-state index contributed by atoms with van der Waals surface area (Å²) in [5.74, 6) is -2.95. The summed E-state index contributed by atoms with van der Waals surface area (Å²) in [6.07, 6.45) is 1.77. The topological polar surface area (TPSA) is 83.9 Å². The summed E-state index contributed by atoms with van der Waals surface area (Å²) in [5, 5.41) is 8.67. The van der Waals surface area contributed by atoms with Crippen LogP contribution in [0.5, 0.6) is 0 Å². The number of piperidine rings is 3. The molecule has 0 aromatic carbocycles. The second-order valence-corrected chi connectivity index (χ2v) is 4.92. The van der Waals surface area contributed by atoms with Gasteiger partial charge in [-0.15, -0.1) is 0 Å². The lowest BCUT2D eigenvalue weighted by Crippen LogP contribution is -2.57. The molecule has 3 rings (SSSR count). The highest BCUT2D eigenvalue weighted by molar-refractivity contribution is 5.93. The van der Waals surface area contributed by atoms with Crippen LogP contribution in [0.25, 0.3) is 0 Å². The van der Waals surface area contributed by atoms with E-state index in [1.165, 1.54) is 6.92 Å². The van der Waals surface area contributed by atoms with E-state index in [1.54, 1.807) is 0 Å². The summed E-state index contributed by atoms with van der Waals surface area (Å²) in [6.45, 7) is 2.96. The molecule has 6 heteroatoms. The number of hydrogen-bond acceptors (Lipinski definition) is 5. The molecule has 18 heavy (non-hydrogen) atoms. The first-order chi connectivity index (χ1) is 8.50. The van der Waals surface area contributed by atoms with Gasteiger partial charge in [-0.2, -0.15) is 0 Å². The Hall–Kier alpha value is -1.43. The molecule has 0 saturated carbocycles. The summed E-state index contributed by atoms with van der Waals surface area (Å²) >= 11 is 0. The fourth-order valence-corrected chi connectivity index (χ4v) is 2.52. The first-order valence-electron chi connectivity index (χ1n) is 6.18. The molecule has 3 heterocycles. The van der Waals surface area contributed by atoms with Crippen LogP contribution in [0.3, 0.4) is 0 Å². The number of ketones is 1. The monoisotopic (exact) mass is 255 g/mol. The van der Waals surface area contributed by atoms with E-state index in [0.29, 0.717) is 0 Å². The maximum Gasteiger partial charge on any atom is 0.320 e. The van der Waals surface area contributed by atoms with E-state index in [0.717, 1.165) is 25.9 Å². The molecule has 0 radical (unpaired) electrons. The van der Waals surface area contributed by atoms with Gasteiger partial charge in [-0.05, 0) is 32.9 Å². The lowest BCUT2D eigenvalue weighted by molar-refractivity contribution is -0.160. The number of aliphatic carboxylic acids is 1. The van der Waals surface area contributed by atoms with Gasteiger partial charge >= 0.3 is 11.9 Å². The Morgan fingerprint density at radius 1 is 1.44 bits per heavy atom. The average Bonchev–Trinajstić information content (AvgIpc) is 2.37. The fourth-order valence-electron chi connectivity index (χ4n) is 2.52. The van der Waals surface area contributed by atoms with Gasteiger partial charge in [-0.25, -0.2) is 0 Å². The minimum absolute atomic E-state index is 0.0220. The minimum Gasteiger partial charge on any atom is -0.481 e. The molecule has 3 fully saturated rings. The van der Waals surface area contributed by atoms with Gasteiger partial charge in [0.15, 0.2) is 11.7 Å². The maximum atomic E-state index is 12.0. The number of nitrogens with zero attached hydrogens (tertiary/aromatic N) is 1. The summed E-state index contributed by atoms with van der Waals surface area (Å²) in [6, 6.07) is -0.373. The van der Waals surface area contributed by atoms with Gasteiger partial charge < -0.3 is 9.84 Å². The molecule has 0 spiro atoms. The molecule has 3 saturated heterocycles. The Morgan fingerprint density at radius 2 is 2.06 bits per heavy atom. The number of esters is 1. The highest BCUT2D eigenvalue weighted by Gasteiger charge is 2.41. The summed E-state index contributed by atoms with van der Waals surface area (Å²) in [4.78, 5) is 36.0. The molecule has 3 aliphatic heterocycles. The highest BCUT2D eigenvalue weighted by Crippen LogP contribution is 2.29. The second kappa shape index (κ2) is 5.06. The molecule has 0 aliphatic carbocycles. The number of carboxylic acid groups (broad SMARTS) is 1. The third-order valence-electron chi connectivity index (χ3n) is 3.81. The lowest BCUT2D eigenvalue weighted by atomic mass is 9.82. The normalized spacial score (nSPS) is 32.1. The summed E-state index contributed by atoms with van der Waals surface area (Å²) in [7, 11) is 0. The Labute approximate surface area is 105 Å². The SMILES string of the molecule is CC(C(=O)O)C(=O)OCC1C(=O)C2CCN1CC2. The first-order valence-corrected chi connectivity index (χ1v) is 6.18. The molecule has 2 bridgehead atoms. The number of fused-ring (bicyclic) bond motifs is 3. The number of carboxylic acids is 1. The quantitative estimate of drug-likeness (QED) is 0.558. The van der Waals surface area contributed by atoms with Crippen LogP contribution in [-0.2, 0) is 19.1 Å². The average molecular weight is 255 g/mol. The van der Waals surface area contributed by atoms with E-state index in [2.05, 4.69) is 0 Å². The molecule has 100 valence electrons. The van der Waals surface area contributed by atoms with E-state index >= 15 is 0 Å². The van der Waals surface area contributed by atoms with Crippen molar-refractivity contribution in [3.05, 3.63) is 0 Å². The molecule has 2 atom stereocenters. The Kier molecular flexibility index (Phi) is 3.65. The van der Waals surface area contributed by atoms with Crippen molar-refractivity contribution in [2.75, 3.05) is 19.7 Å². The number of carbonyl (C=O) groups is 3. The zero-order chi connectivity index (χ0) is 13.3. The lowest BCUT2D eigenvalue weighted by Gasteiger charge is -2.43. The highest BCUT2D eigenvalue weighted by atomic mass is 16.5. The van der Waals surface area contributed by atoms with Crippen molar-refractivity contribution in [3.63, 3.8) is 0 Å². The van der Waals surface area contributed by atoms with E-state index in [1.807, 2.05) is 4.90 Å². The van der Waals surface area contributed by atoms with Crippen LogP contribution >= 0.6 is 0 Å². The predicted molar refractivity (Wildman–Crippen MR) is 60.9 cm³/mol. The smallest absolute Gasteiger partial charge is 0.320 e.